The molecule has 2 atom stereocenters. The molecule has 1 nitrogen and oxygen atoms in total. The molecule has 0 fully saturated rings. The summed E-state index contributed by atoms with van der Waals surface area (Å²) in [5.41, 5.74) is 1.19. The van der Waals surface area contributed by atoms with Crippen LogP contribution in [0.4, 0.5) is 0 Å². The van der Waals surface area contributed by atoms with Crippen LogP contribution >= 0.6 is 11.6 Å². The lowest BCUT2D eigenvalue weighted by Gasteiger charge is -2.21. The van der Waals surface area contributed by atoms with Crippen molar-refractivity contribution in [3.8, 4) is 0 Å². The Morgan fingerprint density at radius 1 is 1.25 bits per heavy atom. The van der Waals surface area contributed by atoms with Crippen molar-refractivity contribution in [2.75, 3.05) is 0 Å². The second kappa shape index (κ2) is 6.93. The fourth-order valence-corrected chi connectivity index (χ4v) is 2.24. The molecular formula is C14H22ClN. The molecule has 1 aromatic rings. The Bertz CT molecular complexity index is 311. The largest absolute Gasteiger partial charge is 0.308 e. The van der Waals surface area contributed by atoms with Gasteiger partial charge in [0.25, 0.3) is 0 Å². The first-order valence-electron chi connectivity index (χ1n) is 6.15. The summed E-state index contributed by atoms with van der Waals surface area (Å²) in [5, 5.41) is 4.44. The molecule has 0 saturated heterocycles. The van der Waals surface area contributed by atoms with Gasteiger partial charge < -0.3 is 5.32 Å². The molecule has 0 radical (unpaired) electrons. The highest BCUT2D eigenvalue weighted by molar-refractivity contribution is 6.31. The zero-order valence-electron chi connectivity index (χ0n) is 10.5. The van der Waals surface area contributed by atoms with Gasteiger partial charge in [-0.3, -0.25) is 0 Å². The van der Waals surface area contributed by atoms with Crippen LogP contribution in [-0.4, -0.2) is 6.04 Å². The van der Waals surface area contributed by atoms with Crippen LogP contribution < -0.4 is 5.32 Å². The van der Waals surface area contributed by atoms with Gasteiger partial charge in [0.2, 0.25) is 0 Å². The summed E-state index contributed by atoms with van der Waals surface area (Å²) >= 11 is 6.17. The normalized spacial score (nSPS) is 14.8. The van der Waals surface area contributed by atoms with E-state index in [1.165, 1.54) is 24.8 Å². The molecule has 0 aliphatic carbocycles. The molecule has 0 heterocycles. The molecule has 0 saturated carbocycles. The third-order valence-electron chi connectivity index (χ3n) is 2.90. The first-order chi connectivity index (χ1) is 7.65. The zero-order chi connectivity index (χ0) is 12.0. The highest BCUT2D eigenvalue weighted by Gasteiger charge is 2.11. The van der Waals surface area contributed by atoms with Crippen LogP contribution in [0.3, 0.4) is 0 Å². The van der Waals surface area contributed by atoms with Crippen molar-refractivity contribution in [3.05, 3.63) is 34.9 Å². The Hall–Kier alpha value is -0.530. The third-order valence-corrected chi connectivity index (χ3v) is 3.24. The lowest BCUT2D eigenvalue weighted by atomic mass is 10.1. The molecule has 0 amide bonds. The van der Waals surface area contributed by atoms with Gasteiger partial charge in [-0.1, -0.05) is 49.6 Å². The average Bonchev–Trinajstić information content (AvgIpc) is 2.26. The number of hydrogen-bond donors (Lipinski definition) is 1. The van der Waals surface area contributed by atoms with Crippen molar-refractivity contribution in [1.29, 1.82) is 0 Å². The second-order valence-corrected chi connectivity index (χ2v) is 4.86. The molecular weight excluding hydrogens is 218 g/mol. The van der Waals surface area contributed by atoms with E-state index in [9.17, 15) is 0 Å². The van der Waals surface area contributed by atoms with Gasteiger partial charge in [0.05, 0.1) is 0 Å². The van der Waals surface area contributed by atoms with E-state index in [1.54, 1.807) is 0 Å². The molecule has 1 aromatic carbocycles. The molecule has 0 bridgehead atoms. The average molecular weight is 240 g/mol. The first kappa shape index (κ1) is 13.5. The Kier molecular flexibility index (Phi) is 5.86. The number of rotatable bonds is 6. The highest BCUT2D eigenvalue weighted by Crippen LogP contribution is 2.22. The molecule has 1 rings (SSSR count). The van der Waals surface area contributed by atoms with E-state index in [1.807, 2.05) is 18.2 Å². The van der Waals surface area contributed by atoms with Crippen LogP contribution in [0.1, 0.15) is 51.6 Å². The van der Waals surface area contributed by atoms with Crippen molar-refractivity contribution < 1.29 is 0 Å². The number of benzene rings is 1. The van der Waals surface area contributed by atoms with Gasteiger partial charge in [-0.2, -0.15) is 0 Å². The number of halogens is 1. The van der Waals surface area contributed by atoms with E-state index in [4.69, 9.17) is 11.6 Å². The van der Waals surface area contributed by atoms with E-state index in [-0.39, 0.29) is 0 Å². The topological polar surface area (TPSA) is 12.0 Å². The summed E-state index contributed by atoms with van der Waals surface area (Å²) in [6.45, 7) is 6.64. The van der Waals surface area contributed by atoms with Gasteiger partial charge >= 0.3 is 0 Å². The summed E-state index contributed by atoms with van der Waals surface area (Å²) < 4.78 is 0. The molecule has 2 heteroatoms. The van der Waals surface area contributed by atoms with Crippen molar-refractivity contribution in [3.63, 3.8) is 0 Å². The number of nitrogens with one attached hydrogen (secondary N) is 1. The summed E-state index contributed by atoms with van der Waals surface area (Å²) in [4.78, 5) is 0. The Labute approximate surface area is 104 Å². The van der Waals surface area contributed by atoms with Gasteiger partial charge in [-0.15, -0.1) is 0 Å². The molecule has 0 aliphatic heterocycles. The lowest BCUT2D eigenvalue weighted by molar-refractivity contribution is 0.444. The molecule has 1 N–H and O–H groups in total. The summed E-state index contributed by atoms with van der Waals surface area (Å²) in [5.74, 6) is 0. The summed E-state index contributed by atoms with van der Waals surface area (Å²) in [6, 6.07) is 8.92. The van der Waals surface area contributed by atoms with E-state index in [2.05, 4.69) is 32.2 Å². The second-order valence-electron chi connectivity index (χ2n) is 4.45. The maximum atomic E-state index is 6.17. The van der Waals surface area contributed by atoms with Crippen LogP contribution in [0.25, 0.3) is 0 Å². The minimum atomic E-state index is 0.320. The Morgan fingerprint density at radius 2 is 1.94 bits per heavy atom. The molecule has 90 valence electrons. The van der Waals surface area contributed by atoms with Gasteiger partial charge in [0.15, 0.2) is 0 Å². The van der Waals surface area contributed by atoms with E-state index in [0.29, 0.717) is 12.1 Å². The molecule has 0 spiro atoms. The van der Waals surface area contributed by atoms with Crippen molar-refractivity contribution in [2.24, 2.45) is 0 Å². The predicted octanol–water partition coefficient (Wildman–Crippen LogP) is 4.57. The fraction of sp³-hybridized carbons (Fsp3) is 0.571. The highest BCUT2D eigenvalue weighted by atomic mass is 35.5. The first-order valence-corrected chi connectivity index (χ1v) is 6.53. The smallest absolute Gasteiger partial charge is 0.0453 e. The minimum absolute atomic E-state index is 0.320. The van der Waals surface area contributed by atoms with Crippen LogP contribution in [0, 0.1) is 0 Å². The van der Waals surface area contributed by atoms with Crippen molar-refractivity contribution in [2.45, 2.75) is 52.1 Å². The number of unbranched alkanes of at least 4 members (excludes halogenated alkanes) is 1. The summed E-state index contributed by atoms with van der Waals surface area (Å²) in [6.07, 6.45) is 3.77. The van der Waals surface area contributed by atoms with Crippen LogP contribution in [0.2, 0.25) is 5.02 Å². The standard InChI is InChI=1S/C14H22ClN/c1-4-5-8-11(2)16-12(3)13-9-6-7-10-14(13)15/h6-7,9-12,16H,4-5,8H2,1-3H3/t11?,12-/m0/s1. The van der Waals surface area contributed by atoms with E-state index in [0.717, 1.165) is 5.02 Å². The quantitative estimate of drug-likeness (QED) is 0.767. The number of hydrogen-bond acceptors (Lipinski definition) is 1. The van der Waals surface area contributed by atoms with Crippen LogP contribution in [0.15, 0.2) is 24.3 Å². The van der Waals surface area contributed by atoms with Gasteiger partial charge in [0, 0.05) is 17.1 Å². The monoisotopic (exact) mass is 239 g/mol. The van der Waals surface area contributed by atoms with Crippen LogP contribution in [0.5, 0.6) is 0 Å². The zero-order valence-corrected chi connectivity index (χ0v) is 11.2. The maximum Gasteiger partial charge on any atom is 0.0453 e. The van der Waals surface area contributed by atoms with Crippen molar-refractivity contribution >= 4 is 11.6 Å². The van der Waals surface area contributed by atoms with Gasteiger partial charge in [-0.25, -0.2) is 0 Å². The molecule has 1 unspecified atom stereocenters. The SMILES string of the molecule is CCCCC(C)N[C@@H](C)c1ccccc1Cl. The lowest BCUT2D eigenvalue weighted by Crippen LogP contribution is -2.28. The fourth-order valence-electron chi connectivity index (χ4n) is 1.94. The maximum absolute atomic E-state index is 6.17. The van der Waals surface area contributed by atoms with Gasteiger partial charge in [-0.05, 0) is 31.9 Å². The van der Waals surface area contributed by atoms with Crippen LogP contribution in [-0.2, 0) is 0 Å². The minimum Gasteiger partial charge on any atom is -0.308 e. The Balaban J connectivity index is 2.52. The summed E-state index contributed by atoms with van der Waals surface area (Å²) in [7, 11) is 0. The van der Waals surface area contributed by atoms with E-state index >= 15 is 0 Å². The third kappa shape index (κ3) is 4.15. The molecule has 0 aliphatic rings. The molecule has 16 heavy (non-hydrogen) atoms. The van der Waals surface area contributed by atoms with Gasteiger partial charge in [0.1, 0.15) is 0 Å². The molecule has 0 aromatic heterocycles. The van der Waals surface area contributed by atoms with E-state index < -0.39 is 0 Å². The Morgan fingerprint density at radius 3 is 2.56 bits per heavy atom. The van der Waals surface area contributed by atoms with Crippen molar-refractivity contribution in [1.82, 2.24) is 5.32 Å². The predicted molar refractivity (Wildman–Crippen MR) is 72.0 cm³/mol.